The zero-order valence-electron chi connectivity index (χ0n) is 10.1. The van der Waals surface area contributed by atoms with Crippen LogP contribution >= 0.6 is 11.6 Å². The van der Waals surface area contributed by atoms with Crippen LogP contribution in [0.25, 0.3) is 0 Å². The topological polar surface area (TPSA) is 20.2 Å². The lowest BCUT2D eigenvalue weighted by Gasteiger charge is -2.11. The third-order valence-corrected chi connectivity index (χ3v) is 2.96. The summed E-state index contributed by atoms with van der Waals surface area (Å²) in [5.74, 6) is 0.725. The van der Waals surface area contributed by atoms with Gasteiger partial charge in [-0.2, -0.15) is 0 Å². The SMILES string of the molecule is CC(C)CCCC(O)Cc1ccc(Cl)cc1. The van der Waals surface area contributed by atoms with E-state index in [2.05, 4.69) is 13.8 Å². The van der Waals surface area contributed by atoms with Crippen LogP contribution < -0.4 is 0 Å². The zero-order chi connectivity index (χ0) is 12.0. The number of rotatable bonds is 6. The second kappa shape index (κ2) is 6.93. The summed E-state index contributed by atoms with van der Waals surface area (Å²) < 4.78 is 0. The van der Waals surface area contributed by atoms with Crippen molar-refractivity contribution in [2.75, 3.05) is 0 Å². The molecule has 1 aromatic carbocycles. The zero-order valence-corrected chi connectivity index (χ0v) is 10.9. The summed E-state index contributed by atoms with van der Waals surface area (Å²) in [5.41, 5.74) is 1.15. The van der Waals surface area contributed by atoms with Crippen LogP contribution in [0.5, 0.6) is 0 Å². The van der Waals surface area contributed by atoms with Crippen molar-refractivity contribution >= 4 is 11.6 Å². The Balaban J connectivity index is 2.28. The smallest absolute Gasteiger partial charge is 0.0580 e. The molecule has 0 saturated carbocycles. The van der Waals surface area contributed by atoms with Gasteiger partial charge >= 0.3 is 0 Å². The molecule has 0 aliphatic carbocycles. The average molecular weight is 241 g/mol. The molecule has 0 aromatic heterocycles. The van der Waals surface area contributed by atoms with Crippen LogP contribution in [0.1, 0.15) is 38.7 Å². The van der Waals surface area contributed by atoms with Crippen molar-refractivity contribution in [3.63, 3.8) is 0 Å². The molecule has 0 radical (unpaired) electrons. The summed E-state index contributed by atoms with van der Waals surface area (Å²) in [4.78, 5) is 0. The molecule has 16 heavy (non-hydrogen) atoms. The second-order valence-electron chi connectivity index (χ2n) is 4.81. The molecule has 0 spiro atoms. The molecule has 0 bridgehead atoms. The van der Waals surface area contributed by atoms with E-state index in [1.165, 1.54) is 6.42 Å². The summed E-state index contributed by atoms with van der Waals surface area (Å²) in [6, 6.07) is 7.71. The normalized spacial score (nSPS) is 13.1. The standard InChI is InChI=1S/C14H21ClO/c1-11(2)4-3-5-14(16)10-12-6-8-13(15)9-7-12/h6-9,11,14,16H,3-5,10H2,1-2H3. The first-order valence-electron chi connectivity index (χ1n) is 6.00. The summed E-state index contributed by atoms with van der Waals surface area (Å²) in [7, 11) is 0. The highest BCUT2D eigenvalue weighted by molar-refractivity contribution is 6.30. The summed E-state index contributed by atoms with van der Waals surface area (Å²) in [6.07, 6.45) is 3.69. The van der Waals surface area contributed by atoms with E-state index in [4.69, 9.17) is 11.6 Å². The summed E-state index contributed by atoms with van der Waals surface area (Å²) in [5, 5.41) is 10.6. The van der Waals surface area contributed by atoms with Gasteiger partial charge in [0.05, 0.1) is 6.10 Å². The van der Waals surface area contributed by atoms with Gasteiger partial charge in [0.2, 0.25) is 0 Å². The van der Waals surface area contributed by atoms with Crippen LogP contribution in [0.15, 0.2) is 24.3 Å². The monoisotopic (exact) mass is 240 g/mol. The number of hydrogen-bond acceptors (Lipinski definition) is 1. The van der Waals surface area contributed by atoms with Gasteiger partial charge in [-0.05, 0) is 36.5 Å². The van der Waals surface area contributed by atoms with Crippen molar-refractivity contribution in [2.24, 2.45) is 5.92 Å². The lowest BCUT2D eigenvalue weighted by atomic mass is 10.0. The highest BCUT2D eigenvalue weighted by Gasteiger charge is 2.06. The molecule has 1 unspecified atom stereocenters. The molecule has 0 amide bonds. The van der Waals surface area contributed by atoms with Gasteiger partial charge in [0, 0.05) is 5.02 Å². The van der Waals surface area contributed by atoms with E-state index < -0.39 is 0 Å². The van der Waals surface area contributed by atoms with Crippen molar-refractivity contribution in [2.45, 2.75) is 45.6 Å². The average Bonchev–Trinajstić information content (AvgIpc) is 2.21. The first kappa shape index (κ1) is 13.5. The fourth-order valence-electron chi connectivity index (χ4n) is 1.76. The molecule has 90 valence electrons. The van der Waals surface area contributed by atoms with Gasteiger partial charge in [-0.3, -0.25) is 0 Å². The third-order valence-electron chi connectivity index (χ3n) is 2.70. The molecule has 1 rings (SSSR count). The maximum Gasteiger partial charge on any atom is 0.0580 e. The van der Waals surface area contributed by atoms with E-state index in [1.54, 1.807) is 0 Å². The minimum absolute atomic E-state index is 0.222. The van der Waals surface area contributed by atoms with E-state index in [-0.39, 0.29) is 6.10 Å². The predicted octanol–water partition coefficient (Wildman–Crippen LogP) is 4.07. The molecule has 1 aromatic rings. The van der Waals surface area contributed by atoms with E-state index in [0.717, 1.165) is 35.8 Å². The molecular formula is C14H21ClO. The Morgan fingerprint density at radius 3 is 2.31 bits per heavy atom. The highest BCUT2D eigenvalue weighted by Crippen LogP contribution is 2.14. The van der Waals surface area contributed by atoms with E-state index in [0.29, 0.717) is 0 Å². The fraction of sp³-hybridized carbons (Fsp3) is 0.571. The van der Waals surface area contributed by atoms with Crippen molar-refractivity contribution in [3.05, 3.63) is 34.9 Å². The molecule has 0 heterocycles. The van der Waals surface area contributed by atoms with Crippen LogP contribution in [0.3, 0.4) is 0 Å². The number of halogens is 1. The fourth-order valence-corrected chi connectivity index (χ4v) is 1.88. The van der Waals surface area contributed by atoms with Crippen molar-refractivity contribution in [1.29, 1.82) is 0 Å². The van der Waals surface area contributed by atoms with Crippen molar-refractivity contribution in [1.82, 2.24) is 0 Å². The summed E-state index contributed by atoms with van der Waals surface area (Å²) >= 11 is 5.80. The van der Waals surface area contributed by atoms with Crippen LogP contribution in [0.4, 0.5) is 0 Å². The first-order valence-corrected chi connectivity index (χ1v) is 6.38. The lowest BCUT2D eigenvalue weighted by Crippen LogP contribution is -2.10. The van der Waals surface area contributed by atoms with Gasteiger partial charge in [-0.1, -0.05) is 50.4 Å². The number of aliphatic hydroxyl groups excluding tert-OH is 1. The van der Waals surface area contributed by atoms with Gasteiger partial charge in [0.1, 0.15) is 0 Å². The molecule has 0 fully saturated rings. The molecule has 0 aliphatic heterocycles. The van der Waals surface area contributed by atoms with Gasteiger partial charge < -0.3 is 5.11 Å². The van der Waals surface area contributed by atoms with Gasteiger partial charge in [-0.15, -0.1) is 0 Å². The molecule has 0 aliphatic rings. The van der Waals surface area contributed by atoms with Crippen LogP contribution in [0, 0.1) is 5.92 Å². The Hall–Kier alpha value is -0.530. The van der Waals surface area contributed by atoms with Gasteiger partial charge in [0.25, 0.3) is 0 Å². The Morgan fingerprint density at radius 2 is 1.75 bits per heavy atom. The molecule has 1 nitrogen and oxygen atoms in total. The van der Waals surface area contributed by atoms with Crippen LogP contribution in [-0.2, 0) is 6.42 Å². The maximum absolute atomic E-state index is 9.85. The number of benzene rings is 1. The second-order valence-corrected chi connectivity index (χ2v) is 5.25. The van der Waals surface area contributed by atoms with Crippen molar-refractivity contribution < 1.29 is 5.11 Å². The van der Waals surface area contributed by atoms with Gasteiger partial charge in [-0.25, -0.2) is 0 Å². The highest BCUT2D eigenvalue weighted by atomic mass is 35.5. The van der Waals surface area contributed by atoms with Crippen LogP contribution in [-0.4, -0.2) is 11.2 Å². The minimum Gasteiger partial charge on any atom is -0.393 e. The number of aliphatic hydroxyl groups is 1. The molecule has 1 N–H and O–H groups in total. The minimum atomic E-state index is -0.222. The Kier molecular flexibility index (Phi) is 5.86. The quantitative estimate of drug-likeness (QED) is 0.795. The Bertz CT molecular complexity index is 292. The van der Waals surface area contributed by atoms with E-state index in [1.807, 2.05) is 24.3 Å². The van der Waals surface area contributed by atoms with Crippen LogP contribution in [0.2, 0.25) is 5.02 Å². The Morgan fingerprint density at radius 1 is 1.12 bits per heavy atom. The van der Waals surface area contributed by atoms with E-state index >= 15 is 0 Å². The lowest BCUT2D eigenvalue weighted by molar-refractivity contribution is 0.159. The molecule has 1 atom stereocenters. The number of hydrogen-bond donors (Lipinski definition) is 1. The Labute approximate surface area is 103 Å². The first-order chi connectivity index (χ1) is 7.58. The molecule has 2 heteroatoms. The maximum atomic E-state index is 9.85. The molecule has 0 saturated heterocycles. The van der Waals surface area contributed by atoms with Crippen molar-refractivity contribution in [3.8, 4) is 0 Å². The van der Waals surface area contributed by atoms with Gasteiger partial charge in [0.15, 0.2) is 0 Å². The largest absolute Gasteiger partial charge is 0.393 e. The third kappa shape index (κ3) is 5.53. The summed E-state index contributed by atoms with van der Waals surface area (Å²) in [6.45, 7) is 4.43. The molecular weight excluding hydrogens is 220 g/mol. The predicted molar refractivity (Wildman–Crippen MR) is 69.9 cm³/mol. The van der Waals surface area contributed by atoms with E-state index in [9.17, 15) is 5.11 Å².